The monoisotopic (exact) mass is 209 g/mol. The molecular weight excluding hydrogens is 190 g/mol. The van der Waals surface area contributed by atoms with Crippen molar-refractivity contribution >= 4 is 11.8 Å². The van der Waals surface area contributed by atoms with Crippen LogP contribution in [0.25, 0.3) is 0 Å². The summed E-state index contributed by atoms with van der Waals surface area (Å²) in [7, 11) is 1.99. The maximum atomic E-state index is 3.18. The van der Waals surface area contributed by atoms with Gasteiger partial charge in [-0.2, -0.15) is 0 Å². The van der Waals surface area contributed by atoms with Gasteiger partial charge in [-0.1, -0.05) is 13.0 Å². The normalized spacial score (nSPS) is 10.5. The first-order chi connectivity index (χ1) is 6.77. The molecule has 14 heavy (non-hydrogen) atoms. The molecule has 1 rings (SSSR count). The van der Waals surface area contributed by atoms with Crippen molar-refractivity contribution in [3.8, 4) is 0 Å². The Morgan fingerprint density at radius 3 is 2.71 bits per heavy atom. The van der Waals surface area contributed by atoms with Crippen LogP contribution < -0.4 is 5.32 Å². The molecule has 0 aliphatic rings. The summed E-state index contributed by atoms with van der Waals surface area (Å²) in [5.41, 5.74) is 2.79. The highest BCUT2D eigenvalue weighted by atomic mass is 32.2. The lowest BCUT2D eigenvalue weighted by Gasteiger charge is -2.07. The van der Waals surface area contributed by atoms with Crippen molar-refractivity contribution in [2.75, 3.05) is 12.8 Å². The highest BCUT2D eigenvalue weighted by molar-refractivity contribution is 7.99. The Morgan fingerprint density at radius 2 is 2.14 bits per heavy atom. The maximum Gasteiger partial charge on any atom is 0.0205 e. The third kappa shape index (κ3) is 3.35. The first kappa shape index (κ1) is 11.6. The maximum absolute atomic E-state index is 3.18. The second kappa shape index (κ2) is 6.10. The first-order valence-electron chi connectivity index (χ1n) is 5.15. The van der Waals surface area contributed by atoms with Crippen LogP contribution in [0.4, 0.5) is 0 Å². The van der Waals surface area contributed by atoms with Gasteiger partial charge in [0.2, 0.25) is 0 Å². The van der Waals surface area contributed by atoms with Crippen LogP contribution in [-0.4, -0.2) is 12.8 Å². The van der Waals surface area contributed by atoms with Gasteiger partial charge < -0.3 is 5.32 Å². The van der Waals surface area contributed by atoms with Crippen LogP contribution in [0.15, 0.2) is 23.1 Å². The molecule has 0 aromatic heterocycles. The summed E-state index contributed by atoms with van der Waals surface area (Å²) in [6.45, 7) is 5.36. The number of benzene rings is 1. The van der Waals surface area contributed by atoms with Gasteiger partial charge in [-0.3, -0.25) is 0 Å². The van der Waals surface area contributed by atoms with E-state index in [1.54, 1.807) is 0 Å². The van der Waals surface area contributed by atoms with E-state index in [-0.39, 0.29) is 0 Å². The smallest absolute Gasteiger partial charge is 0.0205 e. The number of nitrogens with one attached hydrogen (secondary N) is 1. The van der Waals surface area contributed by atoms with E-state index in [2.05, 4.69) is 37.4 Å². The Hall–Kier alpha value is -0.470. The molecule has 78 valence electrons. The highest BCUT2D eigenvalue weighted by Crippen LogP contribution is 2.21. The summed E-state index contributed by atoms with van der Waals surface area (Å²) in [6.07, 6.45) is 1.24. The Balaban J connectivity index is 2.68. The van der Waals surface area contributed by atoms with Crippen LogP contribution in [0, 0.1) is 6.92 Å². The molecule has 0 aliphatic heterocycles. The average Bonchev–Trinajstić information content (AvgIpc) is 2.19. The van der Waals surface area contributed by atoms with Crippen LogP contribution in [-0.2, 0) is 6.54 Å². The number of hydrogen-bond donors (Lipinski definition) is 1. The van der Waals surface area contributed by atoms with E-state index in [0.29, 0.717) is 0 Å². The van der Waals surface area contributed by atoms with E-state index in [0.717, 1.165) is 6.54 Å². The lowest BCUT2D eigenvalue weighted by molar-refractivity contribution is 0.811. The molecule has 0 heterocycles. The molecule has 1 aromatic rings. The van der Waals surface area contributed by atoms with Gasteiger partial charge in [-0.15, -0.1) is 11.8 Å². The van der Waals surface area contributed by atoms with Gasteiger partial charge in [0.25, 0.3) is 0 Å². The van der Waals surface area contributed by atoms with Crippen LogP contribution in [0.2, 0.25) is 0 Å². The molecule has 0 unspecified atom stereocenters. The van der Waals surface area contributed by atoms with Crippen molar-refractivity contribution in [2.24, 2.45) is 0 Å². The Morgan fingerprint density at radius 1 is 1.36 bits per heavy atom. The number of rotatable bonds is 5. The minimum Gasteiger partial charge on any atom is -0.316 e. The lowest BCUT2D eigenvalue weighted by Crippen LogP contribution is -2.06. The van der Waals surface area contributed by atoms with E-state index in [1.807, 2.05) is 18.8 Å². The van der Waals surface area contributed by atoms with Crippen LogP contribution in [0.3, 0.4) is 0 Å². The molecule has 0 radical (unpaired) electrons. The molecule has 1 nitrogen and oxygen atoms in total. The Bertz CT molecular complexity index is 284. The predicted octanol–water partition coefficient (Wildman–Crippen LogP) is 3.22. The molecule has 1 aromatic carbocycles. The van der Waals surface area contributed by atoms with E-state index in [1.165, 1.54) is 28.2 Å². The number of aryl methyl sites for hydroxylation is 1. The van der Waals surface area contributed by atoms with Gasteiger partial charge in [-0.05, 0) is 49.4 Å². The third-order valence-corrected chi connectivity index (χ3v) is 3.35. The summed E-state index contributed by atoms with van der Waals surface area (Å²) in [4.78, 5) is 1.39. The minimum absolute atomic E-state index is 0.963. The standard InChI is InChI=1S/C12H19NS/c1-4-7-14-12-6-5-11(9-13-3)10(2)8-12/h5-6,8,13H,4,7,9H2,1-3H3. The largest absolute Gasteiger partial charge is 0.316 e. The van der Waals surface area contributed by atoms with Gasteiger partial charge >= 0.3 is 0 Å². The molecule has 0 fully saturated rings. The van der Waals surface area contributed by atoms with E-state index >= 15 is 0 Å². The van der Waals surface area contributed by atoms with E-state index in [9.17, 15) is 0 Å². The number of hydrogen-bond acceptors (Lipinski definition) is 2. The molecule has 0 amide bonds. The first-order valence-corrected chi connectivity index (χ1v) is 6.13. The zero-order chi connectivity index (χ0) is 10.4. The molecule has 0 bridgehead atoms. The summed E-state index contributed by atoms with van der Waals surface area (Å²) >= 11 is 1.94. The van der Waals surface area contributed by atoms with Gasteiger partial charge in [-0.25, -0.2) is 0 Å². The molecule has 2 heteroatoms. The van der Waals surface area contributed by atoms with Gasteiger partial charge in [0.05, 0.1) is 0 Å². The third-order valence-electron chi connectivity index (χ3n) is 2.15. The molecule has 0 spiro atoms. The second-order valence-corrected chi connectivity index (χ2v) is 4.64. The second-order valence-electron chi connectivity index (χ2n) is 3.47. The summed E-state index contributed by atoms with van der Waals surface area (Å²) in [6, 6.07) is 6.73. The Labute approximate surface area is 91.3 Å². The molecule has 0 aliphatic carbocycles. The van der Waals surface area contributed by atoms with Crippen molar-refractivity contribution in [1.29, 1.82) is 0 Å². The average molecular weight is 209 g/mol. The molecule has 0 saturated heterocycles. The van der Waals surface area contributed by atoms with Crippen LogP contribution in [0.5, 0.6) is 0 Å². The van der Waals surface area contributed by atoms with E-state index < -0.39 is 0 Å². The Kier molecular flexibility index (Phi) is 5.05. The molecule has 0 saturated carbocycles. The lowest BCUT2D eigenvalue weighted by atomic mass is 10.1. The van der Waals surface area contributed by atoms with Crippen molar-refractivity contribution in [3.63, 3.8) is 0 Å². The fraction of sp³-hybridized carbons (Fsp3) is 0.500. The van der Waals surface area contributed by atoms with Crippen LogP contribution in [0.1, 0.15) is 24.5 Å². The summed E-state index contributed by atoms with van der Waals surface area (Å²) < 4.78 is 0. The molecule has 1 N–H and O–H groups in total. The minimum atomic E-state index is 0.963. The quantitative estimate of drug-likeness (QED) is 0.747. The van der Waals surface area contributed by atoms with Gasteiger partial charge in [0.15, 0.2) is 0 Å². The zero-order valence-corrected chi connectivity index (χ0v) is 10.1. The van der Waals surface area contributed by atoms with Crippen molar-refractivity contribution in [2.45, 2.75) is 31.7 Å². The predicted molar refractivity (Wildman–Crippen MR) is 65.0 cm³/mol. The van der Waals surface area contributed by atoms with Crippen molar-refractivity contribution in [3.05, 3.63) is 29.3 Å². The summed E-state index contributed by atoms with van der Waals surface area (Å²) in [5.74, 6) is 1.21. The highest BCUT2D eigenvalue weighted by Gasteiger charge is 1.99. The van der Waals surface area contributed by atoms with Gasteiger partial charge in [0.1, 0.15) is 0 Å². The van der Waals surface area contributed by atoms with Gasteiger partial charge in [0, 0.05) is 11.4 Å². The zero-order valence-electron chi connectivity index (χ0n) is 9.26. The topological polar surface area (TPSA) is 12.0 Å². The fourth-order valence-electron chi connectivity index (χ4n) is 1.37. The summed E-state index contributed by atoms with van der Waals surface area (Å²) in [5, 5.41) is 3.18. The van der Waals surface area contributed by atoms with Crippen molar-refractivity contribution < 1.29 is 0 Å². The SMILES string of the molecule is CCCSc1ccc(CNC)c(C)c1. The van der Waals surface area contributed by atoms with Crippen LogP contribution >= 0.6 is 11.8 Å². The fourth-order valence-corrected chi connectivity index (χ4v) is 2.23. The molecule has 0 atom stereocenters. The van der Waals surface area contributed by atoms with Crippen molar-refractivity contribution in [1.82, 2.24) is 5.32 Å². The van der Waals surface area contributed by atoms with E-state index in [4.69, 9.17) is 0 Å². The number of thioether (sulfide) groups is 1. The molecular formula is C12H19NS.